The maximum absolute atomic E-state index is 13.4. The van der Waals surface area contributed by atoms with Gasteiger partial charge in [0.1, 0.15) is 0 Å². The molecule has 0 amide bonds. The molecule has 1 unspecified atom stereocenters. The Labute approximate surface area is 171 Å². The second-order valence-corrected chi connectivity index (χ2v) is 11.0. The number of ether oxygens (including phenoxy) is 1. The van der Waals surface area contributed by atoms with Crippen LogP contribution < -0.4 is 0 Å². The predicted octanol–water partition coefficient (Wildman–Crippen LogP) is 3.20. The molecule has 2 saturated heterocycles. The van der Waals surface area contributed by atoms with Gasteiger partial charge in [0, 0.05) is 39.9 Å². The van der Waals surface area contributed by atoms with E-state index in [1.165, 1.54) is 11.3 Å². The van der Waals surface area contributed by atoms with E-state index in [1.54, 1.807) is 29.1 Å². The molecule has 0 aliphatic carbocycles. The average Bonchev–Trinajstić information content (AvgIpc) is 3.16. The molecule has 0 bridgehead atoms. The number of sulfonamides is 1. The van der Waals surface area contributed by atoms with Crippen LogP contribution in [0.4, 0.5) is 0 Å². The summed E-state index contributed by atoms with van der Waals surface area (Å²) < 4.78 is 34.5. The number of hydrogen-bond donors (Lipinski definition) is 0. The molecule has 28 heavy (non-hydrogen) atoms. The Morgan fingerprint density at radius 3 is 2.86 bits per heavy atom. The van der Waals surface area contributed by atoms with Crippen LogP contribution >= 0.6 is 11.3 Å². The zero-order valence-corrected chi connectivity index (χ0v) is 18.1. The molecule has 1 aromatic heterocycles. The van der Waals surface area contributed by atoms with Gasteiger partial charge in [0.15, 0.2) is 0 Å². The van der Waals surface area contributed by atoms with Crippen molar-refractivity contribution in [1.29, 1.82) is 0 Å². The number of thiazole rings is 1. The molecule has 2 fully saturated rings. The first-order valence-corrected chi connectivity index (χ1v) is 12.4. The summed E-state index contributed by atoms with van der Waals surface area (Å²) in [5.41, 5.74) is 2.71. The summed E-state index contributed by atoms with van der Waals surface area (Å²) in [5, 5.41) is 0. The predicted molar refractivity (Wildman–Crippen MR) is 112 cm³/mol. The maximum Gasteiger partial charge on any atom is 0.243 e. The largest absolute Gasteiger partial charge is 0.385 e. The Kier molecular flexibility index (Phi) is 6.04. The van der Waals surface area contributed by atoms with Crippen molar-refractivity contribution in [3.8, 4) is 0 Å². The molecule has 0 radical (unpaired) electrons. The van der Waals surface area contributed by atoms with Gasteiger partial charge in [-0.25, -0.2) is 13.4 Å². The first kappa shape index (κ1) is 20.2. The standard InChI is InChI=1S/C20H29N3O3S2/c1-26-12-4-10-22-9-2-7-20(14-22)8-3-11-23(15-20)28(24,25)17-5-6-18-19(13-17)27-16-21-18/h5-6,13,16H,2-4,7-12,14-15H2,1H3. The van der Waals surface area contributed by atoms with Crippen LogP contribution in [0.2, 0.25) is 0 Å². The SMILES string of the molecule is COCCCN1CCCC2(CCCN(S(=O)(=O)c3ccc4ncsc4c3)C2)C1. The lowest BCUT2D eigenvalue weighted by molar-refractivity contribution is 0.0360. The minimum absolute atomic E-state index is 0.0885. The van der Waals surface area contributed by atoms with Crippen molar-refractivity contribution in [3.63, 3.8) is 0 Å². The van der Waals surface area contributed by atoms with Gasteiger partial charge in [-0.05, 0) is 62.3 Å². The number of aromatic nitrogens is 1. The Morgan fingerprint density at radius 1 is 1.21 bits per heavy atom. The lowest BCUT2D eigenvalue weighted by Crippen LogP contribution is -2.53. The molecule has 0 saturated carbocycles. The van der Waals surface area contributed by atoms with Crippen molar-refractivity contribution in [2.24, 2.45) is 5.41 Å². The molecular formula is C20H29N3O3S2. The summed E-state index contributed by atoms with van der Waals surface area (Å²) in [5.74, 6) is 0. The van der Waals surface area contributed by atoms with E-state index in [-0.39, 0.29) is 5.41 Å². The zero-order chi connectivity index (χ0) is 19.6. The highest BCUT2D eigenvalue weighted by molar-refractivity contribution is 7.89. The fourth-order valence-electron chi connectivity index (χ4n) is 4.78. The molecule has 2 aliphatic heterocycles. The van der Waals surface area contributed by atoms with E-state index in [2.05, 4.69) is 9.88 Å². The van der Waals surface area contributed by atoms with Gasteiger partial charge in [-0.1, -0.05) is 0 Å². The fourth-order valence-corrected chi connectivity index (χ4v) is 7.19. The van der Waals surface area contributed by atoms with Gasteiger partial charge in [-0.2, -0.15) is 4.31 Å². The summed E-state index contributed by atoms with van der Waals surface area (Å²) in [7, 11) is -1.73. The summed E-state index contributed by atoms with van der Waals surface area (Å²) >= 11 is 1.48. The molecule has 8 heteroatoms. The monoisotopic (exact) mass is 423 g/mol. The van der Waals surface area contributed by atoms with Crippen molar-refractivity contribution in [3.05, 3.63) is 23.7 Å². The average molecular weight is 424 g/mol. The van der Waals surface area contributed by atoms with Crippen LogP contribution in [0.25, 0.3) is 10.2 Å². The Hall–Kier alpha value is -1.06. The molecule has 6 nitrogen and oxygen atoms in total. The van der Waals surface area contributed by atoms with E-state index in [1.807, 2.05) is 6.07 Å². The Bertz CT molecular complexity index is 910. The fraction of sp³-hybridized carbons (Fsp3) is 0.650. The van der Waals surface area contributed by atoms with Gasteiger partial charge >= 0.3 is 0 Å². The van der Waals surface area contributed by atoms with Crippen molar-refractivity contribution < 1.29 is 13.2 Å². The first-order valence-electron chi connectivity index (χ1n) is 10.1. The molecule has 0 N–H and O–H groups in total. The third-order valence-electron chi connectivity index (χ3n) is 6.13. The molecular weight excluding hydrogens is 394 g/mol. The van der Waals surface area contributed by atoms with Crippen LogP contribution in [0, 0.1) is 5.41 Å². The zero-order valence-electron chi connectivity index (χ0n) is 16.5. The Morgan fingerprint density at radius 2 is 2.04 bits per heavy atom. The number of hydrogen-bond acceptors (Lipinski definition) is 6. The molecule has 1 atom stereocenters. The molecule has 3 heterocycles. The summed E-state index contributed by atoms with van der Waals surface area (Å²) in [6, 6.07) is 5.30. The highest BCUT2D eigenvalue weighted by Crippen LogP contribution is 2.40. The second kappa shape index (κ2) is 8.36. The molecule has 2 aromatic rings. The van der Waals surface area contributed by atoms with Crippen molar-refractivity contribution >= 4 is 31.6 Å². The quantitative estimate of drug-likeness (QED) is 0.668. The smallest absolute Gasteiger partial charge is 0.243 e. The second-order valence-electron chi connectivity index (χ2n) is 8.15. The van der Waals surface area contributed by atoms with E-state index in [9.17, 15) is 8.42 Å². The normalized spacial score (nSPS) is 24.9. The van der Waals surface area contributed by atoms with Gasteiger partial charge in [-0.15, -0.1) is 11.3 Å². The summed E-state index contributed by atoms with van der Waals surface area (Å²) in [6.45, 7) is 5.18. The molecule has 1 aromatic carbocycles. The number of nitrogens with zero attached hydrogens (tertiary/aromatic N) is 3. The van der Waals surface area contributed by atoms with Gasteiger partial charge in [0.05, 0.1) is 20.6 Å². The minimum Gasteiger partial charge on any atom is -0.385 e. The number of methoxy groups -OCH3 is 1. The molecule has 1 spiro atoms. The number of fused-ring (bicyclic) bond motifs is 1. The number of likely N-dealkylation sites (tertiary alicyclic amines) is 1. The lowest BCUT2D eigenvalue weighted by Gasteiger charge is -2.48. The summed E-state index contributed by atoms with van der Waals surface area (Å²) in [6.07, 6.45) is 5.35. The van der Waals surface area contributed by atoms with Crippen LogP contribution in [0.3, 0.4) is 0 Å². The number of rotatable bonds is 6. The van der Waals surface area contributed by atoms with Crippen LogP contribution in [0.1, 0.15) is 32.1 Å². The highest BCUT2D eigenvalue weighted by atomic mass is 32.2. The molecule has 154 valence electrons. The van der Waals surface area contributed by atoms with E-state index < -0.39 is 10.0 Å². The number of piperidine rings is 2. The lowest BCUT2D eigenvalue weighted by atomic mass is 9.74. The minimum atomic E-state index is -3.47. The van der Waals surface area contributed by atoms with Crippen LogP contribution in [0.15, 0.2) is 28.6 Å². The third-order valence-corrected chi connectivity index (χ3v) is 8.76. The van der Waals surface area contributed by atoms with Crippen LogP contribution in [0.5, 0.6) is 0 Å². The third kappa shape index (κ3) is 4.11. The van der Waals surface area contributed by atoms with E-state index in [0.29, 0.717) is 18.0 Å². The van der Waals surface area contributed by atoms with Crippen molar-refractivity contribution in [2.45, 2.75) is 37.0 Å². The van der Waals surface area contributed by atoms with Crippen LogP contribution in [-0.2, 0) is 14.8 Å². The van der Waals surface area contributed by atoms with E-state index >= 15 is 0 Å². The van der Waals surface area contributed by atoms with Gasteiger partial charge in [-0.3, -0.25) is 0 Å². The van der Waals surface area contributed by atoms with E-state index in [0.717, 1.165) is 68.6 Å². The maximum atomic E-state index is 13.4. The van der Waals surface area contributed by atoms with Gasteiger partial charge in [0.25, 0.3) is 0 Å². The topological polar surface area (TPSA) is 62.7 Å². The molecule has 4 rings (SSSR count). The van der Waals surface area contributed by atoms with Crippen molar-refractivity contribution in [2.75, 3.05) is 46.4 Å². The number of benzene rings is 1. The molecule has 2 aliphatic rings. The van der Waals surface area contributed by atoms with Gasteiger partial charge in [0.2, 0.25) is 10.0 Å². The first-order chi connectivity index (χ1) is 13.5. The van der Waals surface area contributed by atoms with E-state index in [4.69, 9.17) is 4.74 Å². The Balaban J connectivity index is 1.50. The summed E-state index contributed by atoms with van der Waals surface area (Å²) in [4.78, 5) is 7.16. The highest BCUT2D eigenvalue weighted by Gasteiger charge is 2.42. The van der Waals surface area contributed by atoms with Crippen LogP contribution in [-0.4, -0.2) is 69.0 Å². The van der Waals surface area contributed by atoms with Gasteiger partial charge < -0.3 is 9.64 Å². The van der Waals surface area contributed by atoms with Crippen molar-refractivity contribution in [1.82, 2.24) is 14.2 Å².